The van der Waals surface area contributed by atoms with Crippen LogP contribution in [0.4, 0.5) is 22.0 Å². The van der Waals surface area contributed by atoms with Crippen molar-refractivity contribution in [2.75, 3.05) is 0 Å². The Morgan fingerprint density at radius 2 is 1.54 bits per heavy atom. The zero-order valence-corrected chi connectivity index (χ0v) is 13.1. The summed E-state index contributed by atoms with van der Waals surface area (Å²) >= 11 is 0. The summed E-state index contributed by atoms with van der Waals surface area (Å²) in [6, 6.07) is 8.94. The fourth-order valence-corrected chi connectivity index (χ4v) is 2.07. The lowest BCUT2D eigenvalue weighted by molar-refractivity contribution is -0.185. The van der Waals surface area contributed by atoms with E-state index in [4.69, 9.17) is 5.11 Å². The summed E-state index contributed by atoms with van der Waals surface area (Å²) < 4.78 is 69.7. The highest BCUT2D eigenvalue weighted by Gasteiger charge is 2.35. The molecule has 0 aromatic heterocycles. The van der Waals surface area contributed by atoms with Gasteiger partial charge < -0.3 is 9.84 Å². The number of carboxylic acid groups (broad SMARTS) is 1. The van der Waals surface area contributed by atoms with E-state index in [1.807, 2.05) is 0 Å². The lowest BCUT2D eigenvalue weighted by Gasteiger charge is -2.18. The van der Waals surface area contributed by atoms with Crippen molar-refractivity contribution in [3.05, 3.63) is 71.3 Å². The zero-order valence-electron chi connectivity index (χ0n) is 13.1. The molecule has 2 aromatic rings. The summed E-state index contributed by atoms with van der Waals surface area (Å²) in [5, 5.41) is 8.52. The first-order chi connectivity index (χ1) is 12.0. The lowest BCUT2D eigenvalue weighted by Crippen LogP contribution is -2.22. The molecule has 0 unspecified atom stereocenters. The van der Waals surface area contributed by atoms with Gasteiger partial charge in [0, 0.05) is 6.08 Å². The fourth-order valence-electron chi connectivity index (χ4n) is 2.07. The van der Waals surface area contributed by atoms with Crippen molar-refractivity contribution in [2.45, 2.75) is 18.7 Å². The van der Waals surface area contributed by atoms with Gasteiger partial charge in [-0.3, -0.25) is 0 Å². The molecule has 0 saturated heterocycles. The maximum atomic E-state index is 14.1. The number of halogens is 5. The topological polar surface area (TPSA) is 46.5 Å². The molecule has 3 nitrogen and oxygen atoms in total. The molecule has 0 aliphatic heterocycles. The third kappa shape index (κ3) is 5.87. The minimum absolute atomic E-state index is 0.133. The molecule has 0 aliphatic rings. The molecule has 2 rings (SSSR count). The molecule has 0 fully saturated rings. The van der Waals surface area contributed by atoms with Crippen LogP contribution in [0.3, 0.4) is 0 Å². The van der Waals surface area contributed by atoms with Crippen LogP contribution in [0.15, 0.2) is 54.6 Å². The van der Waals surface area contributed by atoms with Gasteiger partial charge in [-0.25, -0.2) is 4.79 Å². The van der Waals surface area contributed by atoms with Crippen LogP contribution in [-0.4, -0.2) is 17.3 Å². The van der Waals surface area contributed by atoms with E-state index in [1.165, 1.54) is 30.3 Å². The van der Waals surface area contributed by atoms with E-state index in [0.29, 0.717) is 5.56 Å². The van der Waals surface area contributed by atoms with Gasteiger partial charge in [-0.05, 0) is 41.5 Å². The largest absolute Gasteiger partial charge is 0.478 e. The van der Waals surface area contributed by atoms with Gasteiger partial charge in [-0.1, -0.05) is 24.3 Å². The Hall–Kier alpha value is -2.90. The molecule has 0 spiro atoms. The smallest absolute Gasteiger partial charge is 0.426 e. The first-order valence-electron chi connectivity index (χ1n) is 7.29. The summed E-state index contributed by atoms with van der Waals surface area (Å²) in [4.78, 5) is 10.4. The highest BCUT2D eigenvalue weighted by atomic mass is 19.4. The van der Waals surface area contributed by atoms with Crippen molar-refractivity contribution in [3.8, 4) is 5.75 Å². The van der Waals surface area contributed by atoms with Crippen LogP contribution in [0, 0.1) is 0 Å². The molecule has 1 N–H and O–H groups in total. The number of ether oxygens (including phenoxy) is 1. The summed E-state index contributed by atoms with van der Waals surface area (Å²) in [7, 11) is 0. The SMILES string of the molecule is O=C(O)/C=C/c1ccc(OC(F)(F)c2ccc(CC(F)(F)F)cc2)cc1. The molecule has 2 aromatic carbocycles. The highest BCUT2D eigenvalue weighted by Crippen LogP contribution is 2.32. The van der Waals surface area contributed by atoms with Gasteiger partial charge in [0.15, 0.2) is 0 Å². The van der Waals surface area contributed by atoms with Gasteiger partial charge >= 0.3 is 18.3 Å². The fraction of sp³-hybridized carbons (Fsp3) is 0.167. The Kier molecular flexibility index (Phi) is 5.64. The Bertz CT molecular complexity index is 778. The molecule has 0 saturated carbocycles. The third-order valence-electron chi connectivity index (χ3n) is 3.24. The van der Waals surface area contributed by atoms with Crippen molar-refractivity contribution in [2.24, 2.45) is 0 Å². The molecule has 0 bridgehead atoms. The van der Waals surface area contributed by atoms with E-state index in [9.17, 15) is 26.7 Å². The Labute approximate surface area is 145 Å². The minimum atomic E-state index is -4.42. The van der Waals surface area contributed by atoms with Crippen molar-refractivity contribution >= 4 is 12.0 Å². The number of carboxylic acids is 1. The minimum Gasteiger partial charge on any atom is -0.478 e. The van der Waals surface area contributed by atoms with E-state index in [2.05, 4.69) is 4.74 Å². The van der Waals surface area contributed by atoms with Crippen LogP contribution < -0.4 is 4.74 Å². The molecule has 0 heterocycles. The molecule has 8 heteroatoms. The number of aliphatic carboxylic acids is 1. The average Bonchev–Trinajstić information content (AvgIpc) is 2.53. The summed E-state index contributed by atoms with van der Waals surface area (Å²) in [6.07, 6.45) is -7.19. The van der Waals surface area contributed by atoms with Gasteiger partial charge in [0.2, 0.25) is 0 Å². The van der Waals surface area contributed by atoms with Crippen LogP contribution in [0.1, 0.15) is 16.7 Å². The van der Waals surface area contributed by atoms with E-state index in [-0.39, 0.29) is 11.3 Å². The molecule has 0 atom stereocenters. The second kappa shape index (κ2) is 7.55. The normalized spacial score (nSPS) is 12.3. The van der Waals surface area contributed by atoms with Crippen LogP contribution in [0.5, 0.6) is 5.75 Å². The second-order valence-corrected chi connectivity index (χ2v) is 5.35. The van der Waals surface area contributed by atoms with Crippen LogP contribution >= 0.6 is 0 Å². The maximum absolute atomic E-state index is 14.1. The van der Waals surface area contributed by atoms with Gasteiger partial charge in [-0.2, -0.15) is 22.0 Å². The van der Waals surface area contributed by atoms with Gasteiger partial charge in [0.1, 0.15) is 5.75 Å². The first kappa shape index (κ1) is 19.4. The predicted molar refractivity (Wildman–Crippen MR) is 83.8 cm³/mol. The van der Waals surface area contributed by atoms with Crippen LogP contribution in [-0.2, 0) is 17.3 Å². The van der Waals surface area contributed by atoms with Crippen molar-refractivity contribution < 1.29 is 36.6 Å². The summed E-state index contributed by atoms with van der Waals surface area (Å²) in [6.45, 7) is 0. The van der Waals surface area contributed by atoms with Crippen molar-refractivity contribution in [3.63, 3.8) is 0 Å². The predicted octanol–water partition coefficient (Wildman–Crippen LogP) is 5.02. The highest BCUT2D eigenvalue weighted by molar-refractivity contribution is 5.85. The second-order valence-electron chi connectivity index (χ2n) is 5.35. The molecular formula is C18H13F5O3. The van der Waals surface area contributed by atoms with Crippen LogP contribution in [0.25, 0.3) is 6.08 Å². The number of hydrogen-bond donors (Lipinski definition) is 1. The number of alkyl halides is 5. The number of rotatable bonds is 6. The Balaban J connectivity index is 2.09. The van der Waals surface area contributed by atoms with E-state index < -0.39 is 30.2 Å². The molecule has 0 amide bonds. The average molecular weight is 372 g/mol. The van der Waals surface area contributed by atoms with E-state index >= 15 is 0 Å². The molecular weight excluding hydrogens is 359 g/mol. The van der Waals surface area contributed by atoms with E-state index in [0.717, 1.165) is 30.3 Å². The zero-order chi connectivity index (χ0) is 19.4. The molecule has 138 valence electrons. The van der Waals surface area contributed by atoms with Gasteiger partial charge in [0.25, 0.3) is 0 Å². The van der Waals surface area contributed by atoms with Crippen molar-refractivity contribution in [1.82, 2.24) is 0 Å². The standard InChI is InChI=1S/C18H13F5O3/c19-17(20,21)11-13-1-6-14(7-2-13)18(22,23)26-15-8-3-12(4-9-15)5-10-16(24)25/h1-10H,11H2,(H,24,25)/b10-5+. The van der Waals surface area contributed by atoms with Gasteiger partial charge in [0.05, 0.1) is 12.0 Å². The molecule has 0 radical (unpaired) electrons. The van der Waals surface area contributed by atoms with Gasteiger partial charge in [-0.15, -0.1) is 0 Å². The summed E-state index contributed by atoms with van der Waals surface area (Å²) in [5.74, 6) is -1.33. The molecule has 0 aliphatic carbocycles. The first-order valence-corrected chi connectivity index (χ1v) is 7.29. The monoisotopic (exact) mass is 372 g/mol. The van der Waals surface area contributed by atoms with E-state index in [1.54, 1.807) is 0 Å². The maximum Gasteiger partial charge on any atom is 0.426 e. The quantitative estimate of drug-likeness (QED) is 0.572. The number of hydrogen-bond acceptors (Lipinski definition) is 2. The number of benzene rings is 2. The number of carbonyl (C=O) groups is 1. The van der Waals surface area contributed by atoms with Crippen LogP contribution in [0.2, 0.25) is 0 Å². The van der Waals surface area contributed by atoms with Crippen molar-refractivity contribution in [1.29, 1.82) is 0 Å². The Morgan fingerprint density at radius 1 is 0.962 bits per heavy atom. The Morgan fingerprint density at radius 3 is 2.04 bits per heavy atom. The summed E-state index contributed by atoms with van der Waals surface area (Å²) in [5.41, 5.74) is -0.246. The molecule has 26 heavy (non-hydrogen) atoms. The third-order valence-corrected chi connectivity index (χ3v) is 3.24. The lowest BCUT2D eigenvalue weighted by atomic mass is 10.1.